The van der Waals surface area contributed by atoms with E-state index >= 15 is 0 Å². The maximum atomic E-state index is 13.8. The molecular weight excluding hydrogens is 482 g/mol. The molecule has 12 nitrogen and oxygen atoms in total. The highest BCUT2D eigenvalue weighted by Gasteiger charge is 2.63. The van der Waals surface area contributed by atoms with Crippen molar-refractivity contribution in [2.45, 2.75) is 19.0 Å². The maximum absolute atomic E-state index is 13.8. The number of imide groups is 1. The van der Waals surface area contributed by atoms with Crippen molar-refractivity contribution in [3.8, 4) is 6.07 Å². The molecule has 0 unspecified atom stereocenters. The van der Waals surface area contributed by atoms with E-state index in [1.54, 1.807) is 4.90 Å². The van der Waals surface area contributed by atoms with E-state index in [1.807, 2.05) is 6.07 Å². The summed E-state index contributed by atoms with van der Waals surface area (Å²) in [5.74, 6) is -3.99. The van der Waals surface area contributed by atoms with Crippen molar-refractivity contribution < 1.29 is 24.2 Å². The molecule has 0 radical (unpaired) electrons. The fourth-order valence-corrected chi connectivity index (χ4v) is 5.31. The average Bonchev–Trinajstić information content (AvgIpc) is 3.35. The van der Waals surface area contributed by atoms with Crippen LogP contribution in [0.5, 0.6) is 0 Å². The van der Waals surface area contributed by atoms with Crippen LogP contribution in [0, 0.1) is 50.3 Å². The fourth-order valence-electron chi connectivity index (χ4n) is 5.31. The zero-order chi connectivity index (χ0) is 26.6. The van der Waals surface area contributed by atoms with Crippen LogP contribution in [0.3, 0.4) is 0 Å². The lowest BCUT2D eigenvalue weighted by Gasteiger charge is -2.32. The second kappa shape index (κ2) is 8.49. The van der Waals surface area contributed by atoms with Gasteiger partial charge in [-0.2, -0.15) is 5.26 Å². The number of fused-ring (bicyclic) bond motifs is 3. The normalized spacial score (nSPS) is 23.8. The predicted molar refractivity (Wildman–Crippen MR) is 127 cm³/mol. The van der Waals surface area contributed by atoms with E-state index in [0.29, 0.717) is 5.56 Å². The molecule has 3 aliphatic rings. The first-order chi connectivity index (χ1) is 17.6. The molecular formula is C25H17N5O7. The summed E-state index contributed by atoms with van der Waals surface area (Å²) >= 11 is 0. The van der Waals surface area contributed by atoms with Gasteiger partial charge in [-0.15, -0.1) is 0 Å². The molecule has 0 spiro atoms. The fraction of sp³-hybridized carbons (Fsp3) is 0.200. The van der Waals surface area contributed by atoms with Crippen molar-refractivity contribution in [3.05, 3.63) is 97.7 Å². The second-order valence-corrected chi connectivity index (χ2v) is 8.90. The highest BCUT2D eigenvalue weighted by atomic mass is 16.6. The van der Waals surface area contributed by atoms with Crippen LogP contribution < -0.4 is 4.90 Å². The van der Waals surface area contributed by atoms with Gasteiger partial charge < -0.3 is 4.90 Å². The molecule has 0 bridgehead atoms. The summed E-state index contributed by atoms with van der Waals surface area (Å²) in [6, 6.07) is 8.94. The Morgan fingerprint density at radius 3 is 2.32 bits per heavy atom. The summed E-state index contributed by atoms with van der Waals surface area (Å²) in [6.45, 7) is 1.53. The van der Waals surface area contributed by atoms with Crippen LogP contribution in [-0.4, -0.2) is 44.4 Å². The van der Waals surface area contributed by atoms with Crippen LogP contribution in [0.25, 0.3) is 0 Å². The zero-order valence-electron chi connectivity index (χ0n) is 19.2. The molecule has 0 N–H and O–H groups in total. The number of carbonyl (C=O) groups is 3. The Morgan fingerprint density at radius 1 is 1.00 bits per heavy atom. The smallest absolute Gasteiger partial charge is 0.270 e. The molecule has 3 aliphatic heterocycles. The van der Waals surface area contributed by atoms with Crippen LogP contribution in [0.4, 0.5) is 17.1 Å². The van der Waals surface area contributed by atoms with Crippen LogP contribution in [0.1, 0.15) is 15.9 Å². The molecule has 0 aliphatic carbocycles. The molecule has 5 rings (SSSR count). The second-order valence-electron chi connectivity index (χ2n) is 8.90. The molecule has 37 heavy (non-hydrogen) atoms. The quantitative estimate of drug-likeness (QED) is 0.260. The van der Waals surface area contributed by atoms with Gasteiger partial charge in [0.2, 0.25) is 11.8 Å². The van der Waals surface area contributed by atoms with Crippen molar-refractivity contribution in [3.63, 3.8) is 0 Å². The Hall–Kier alpha value is -5.18. The lowest BCUT2D eigenvalue weighted by molar-refractivity contribution is -0.385. The molecule has 184 valence electrons. The predicted octanol–water partition coefficient (Wildman–Crippen LogP) is 2.83. The molecule has 2 amide bonds. The Kier molecular flexibility index (Phi) is 5.40. The molecule has 2 aromatic rings. The first kappa shape index (κ1) is 23.6. The van der Waals surface area contributed by atoms with E-state index in [1.165, 1.54) is 61.7 Å². The third-order valence-corrected chi connectivity index (χ3v) is 6.92. The number of nitrogens with zero attached hydrogens (tertiary/aromatic N) is 5. The van der Waals surface area contributed by atoms with Crippen LogP contribution in [0.2, 0.25) is 0 Å². The number of hydrogen-bond donors (Lipinski definition) is 0. The number of amides is 2. The highest BCUT2D eigenvalue weighted by Crippen LogP contribution is 2.47. The third-order valence-electron chi connectivity index (χ3n) is 6.92. The van der Waals surface area contributed by atoms with Gasteiger partial charge in [0.05, 0.1) is 45.1 Å². The van der Waals surface area contributed by atoms with Gasteiger partial charge in [0, 0.05) is 36.0 Å². The molecule has 2 saturated heterocycles. The summed E-state index contributed by atoms with van der Waals surface area (Å²) in [5, 5.41) is 31.8. The van der Waals surface area contributed by atoms with Gasteiger partial charge >= 0.3 is 0 Å². The van der Waals surface area contributed by atoms with Crippen molar-refractivity contribution in [2.24, 2.45) is 11.8 Å². The SMILES string of the molecule is Cc1cc([N+](=O)[O-])ccc1N1C(=O)[C@@H]2[C@H](C1=O)[C@H](C(=O)c1cccc([N+](=O)[O-])c1)N1C=CC(C#N)=C[C@@H]21. The van der Waals surface area contributed by atoms with Gasteiger partial charge in [0.15, 0.2) is 5.78 Å². The number of carbonyl (C=O) groups excluding carboxylic acids is 3. The standard InChI is InChI=1S/C25H17N5O7/c1-13-9-17(30(36)37)5-6-18(13)28-24(32)20-19-10-14(12-26)7-8-27(19)22(21(20)25(28)33)23(31)15-3-2-4-16(11-15)29(34)35/h2-11,19-22H,1H3/t19-,20-,21-,22+/m0/s1. The first-order valence-corrected chi connectivity index (χ1v) is 11.1. The molecule has 0 aromatic heterocycles. The topological polar surface area (TPSA) is 168 Å². The lowest BCUT2D eigenvalue weighted by Crippen LogP contribution is -2.46. The zero-order valence-corrected chi connectivity index (χ0v) is 19.2. The van der Waals surface area contributed by atoms with Gasteiger partial charge in [-0.25, -0.2) is 4.90 Å². The molecule has 2 fully saturated rings. The van der Waals surface area contributed by atoms with Crippen molar-refractivity contribution >= 4 is 34.7 Å². The highest BCUT2D eigenvalue weighted by molar-refractivity contribution is 6.25. The number of anilines is 1. The minimum atomic E-state index is -1.16. The molecule has 4 atom stereocenters. The lowest BCUT2D eigenvalue weighted by atomic mass is 9.86. The number of non-ortho nitro benzene ring substituents is 2. The van der Waals surface area contributed by atoms with Gasteiger partial charge in [-0.3, -0.25) is 34.6 Å². The first-order valence-electron chi connectivity index (χ1n) is 11.1. The monoisotopic (exact) mass is 499 g/mol. The molecule has 12 heteroatoms. The van der Waals surface area contributed by atoms with Gasteiger partial charge in [-0.1, -0.05) is 12.1 Å². The number of ketones is 1. The number of nitro benzene ring substituents is 2. The van der Waals surface area contributed by atoms with Crippen molar-refractivity contribution in [1.82, 2.24) is 4.90 Å². The number of allylic oxidation sites excluding steroid dienone is 2. The van der Waals surface area contributed by atoms with Crippen molar-refractivity contribution in [1.29, 1.82) is 5.26 Å². The Morgan fingerprint density at radius 2 is 1.68 bits per heavy atom. The van der Waals surface area contributed by atoms with Crippen LogP contribution >= 0.6 is 0 Å². The number of aryl methyl sites for hydroxylation is 1. The van der Waals surface area contributed by atoms with E-state index in [0.717, 1.165) is 11.0 Å². The number of nitro groups is 2. The van der Waals surface area contributed by atoms with Gasteiger partial charge in [0.25, 0.3) is 11.4 Å². The summed E-state index contributed by atoms with van der Waals surface area (Å²) in [7, 11) is 0. The van der Waals surface area contributed by atoms with E-state index in [4.69, 9.17) is 0 Å². The minimum Gasteiger partial charge on any atom is -0.359 e. The summed E-state index contributed by atoms with van der Waals surface area (Å²) in [5.41, 5.74) is 0.255. The summed E-state index contributed by atoms with van der Waals surface area (Å²) in [6.07, 6.45) is 4.48. The summed E-state index contributed by atoms with van der Waals surface area (Å²) in [4.78, 5) is 64.8. The molecule has 3 heterocycles. The van der Waals surface area contributed by atoms with E-state index in [2.05, 4.69) is 0 Å². The summed E-state index contributed by atoms with van der Waals surface area (Å²) < 4.78 is 0. The Balaban J connectivity index is 1.60. The van der Waals surface area contributed by atoms with Crippen molar-refractivity contribution in [2.75, 3.05) is 4.90 Å². The average molecular weight is 499 g/mol. The third kappa shape index (κ3) is 3.56. The molecule has 0 saturated carbocycles. The Labute approximate surface area is 209 Å². The van der Waals surface area contributed by atoms with E-state index in [9.17, 15) is 39.9 Å². The van der Waals surface area contributed by atoms with Crippen LogP contribution in [0.15, 0.2) is 66.4 Å². The number of hydrogen-bond acceptors (Lipinski definition) is 9. The van der Waals surface area contributed by atoms with E-state index < -0.39 is 51.4 Å². The number of rotatable bonds is 5. The van der Waals surface area contributed by atoms with Gasteiger partial charge in [-0.05, 0) is 30.7 Å². The minimum absolute atomic E-state index is 0.00674. The van der Waals surface area contributed by atoms with Crippen LogP contribution in [-0.2, 0) is 9.59 Å². The number of Topliss-reactive ketones (excluding diaryl/α,β-unsaturated/α-hetero) is 1. The number of benzene rings is 2. The van der Waals surface area contributed by atoms with E-state index in [-0.39, 0.29) is 28.2 Å². The molecule has 2 aromatic carbocycles. The van der Waals surface area contributed by atoms with Gasteiger partial charge in [0.1, 0.15) is 6.04 Å². The Bertz CT molecular complexity index is 1520. The largest absolute Gasteiger partial charge is 0.359 e. The maximum Gasteiger partial charge on any atom is 0.270 e. The number of nitriles is 1.